The molecule has 0 aliphatic carbocycles. The first kappa shape index (κ1) is 80.8. The number of nitrogens with one attached hydrogen (secondary N) is 1. The number of carbonyl (C=O) groups is 1. The number of ether oxygens (including phenoxy) is 6. The van der Waals surface area contributed by atoms with Gasteiger partial charge in [-0.05, 0) is 19.3 Å². The fourth-order valence-corrected chi connectivity index (χ4v) is 12.5. The molecule has 0 aromatic heterocycles. The Bertz CT molecular complexity index is 1650. The van der Waals surface area contributed by atoms with Gasteiger partial charge in [0.15, 0.2) is 18.9 Å². The Morgan fingerprint density at radius 2 is 0.705 bits per heavy atom. The Morgan fingerprint density at radius 3 is 1.07 bits per heavy atom. The van der Waals surface area contributed by atoms with Gasteiger partial charge in [0.2, 0.25) is 5.91 Å². The Hall–Kier alpha value is -1.47. The van der Waals surface area contributed by atoms with Gasteiger partial charge in [0.05, 0.1) is 38.6 Å². The minimum Gasteiger partial charge on any atom is -0.394 e. The number of aliphatic hydroxyl groups is 11. The summed E-state index contributed by atoms with van der Waals surface area (Å²) in [6, 6.07) is -0.968. The first-order valence-electron chi connectivity index (χ1n) is 35.9. The van der Waals surface area contributed by atoms with Gasteiger partial charge in [-0.25, -0.2) is 0 Å². The molecule has 17 unspecified atom stereocenters. The fourth-order valence-electron chi connectivity index (χ4n) is 12.5. The molecule has 3 heterocycles. The van der Waals surface area contributed by atoms with E-state index in [1.807, 2.05) is 6.08 Å². The zero-order chi connectivity index (χ0) is 64.0. The third-order valence-electron chi connectivity index (χ3n) is 18.3. The molecule has 0 bridgehead atoms. The highest BCUT2D eigenvalue weighted by molar-refractivity contribution is 5.76. The van der Waals surface area contributed by atoms with E-state index in [1.165, 1.54) is 218 Å². The molecule has 3 saturated heterocycles. The van der Waals surface area contributed by atoms with Crippen LogP contribution in [0.5, 0.6) is 0 Å². The fraction of sp³-hybridized carbons (Fsp3) is 0.957. The van der Waals surface area contributed by atoms with Gasteiger partial charge >= 0.3 is 0 Å². The van der Waals surface area contributed by atoms with Crippen LogP contribution in [0.1, 0.15) is 290 Å². The first-order valence-corrected chi connectivity index (χ1v) is 35.9. The molecular formula is C69H131NO18. The van der Waals surface area contributed by atoms with Crippen molar-refractivity contribution in [3.63, 3.8) is 0 Å². The molecule has 3 rings (SSSR count). The van der Waals surface area contributed by atoms with E-state index in [2.05, 4.69) is 19.2 Å². The molecule has 3 aliphatic heterocycles. The summed E-state index contributed by atoms with van der Waals surface area (Å²) in [6.45, 7) is 1.76. The number of amides is 1. The largest absolute Gasteiger partial charge is 0.394 e. The second-order valence-electron chi connectivity index (χ2n) is 26.1. The predicted molar refractivity (Wildman–Crippen MR) is 342 cm³/mol. The Labute approximate surface area is 531 Å². The lowest BCUT2D eigenvalue weighted by molar-refractivity contribution is -0.379. The maximum absolute atomic E-state index is 13.4. The van der Waals surface area contributed by atoms with Gasteiger partial charge in [0.25, 0.3) is 0 Å². The number of unbranched alkanes of at least 4 members (excludes halogenated alkanes) is 40. The van der Waals surface area contributed by atoms with Crippen LogP contribution in [0.2, 0.25) is 0 Å². The van der Waals surface area contributed by atoms with Crippen molar-refractivity contribution >= 4 is 5.91 Å². The highest BCUT2D eigenvalue weighted by Crippen LogP contribution is 2.33. The quantitative estimate of drug-likeness (QED) is 0.0199. The van der Waals surface area contributed by atoms with Crippen molar-refractivity contribution in [3.8, 4) is 0 Å². The van der Waals surface area contributed by atoms with Gasteiger partial charge in [-0.1, -0.05) is 276 Å². The van der Waals surface area contributed by atoms with Crippen molar-refractivity contribution < 1.29 is 89.4 Å². The number of allylic oxidation sites excluding steroid dienone is 1. The Balaban J connectivity index is 1.38. The summed E-state index contributed by atoms with van der Waals surface area (Å²) in [7, 11) is 0. The first-order chi connectivity index (χ1) is 42.8. The van der Waals surface area contributed by atoms with Gasteiger partial charge < -0.3 is 89.9 Å². The van der Waals surface area contributed by atoms with Crippen LogP contribution in [0.3, 0.4) is 0 Å². The van der Waals surface area contributed by atoms with Crippen molar-refractivity contribution in [3.05, 3.63) is 12.2 Å². The van der Waals surface area contributed by atoms with E-state index >= 15 is 0 Å². The number of rotatable bonds is 56. The van der Waals surface area contributed by atoms with Gasteiger partial charge in [0, 0.05) is 6.42 Å². The van der Waals surface area contributed by atoms with Gasteiger partial charge in [-0.2, -0.15) is 0 Å². The summed E-state index contributed by atoms with van der Waals surface area (Å²) in [5, 5.41) is 120. The van der Waals surface area contributed by atoms with Crippen molar-refractivity contribution in [2.75, 3.05) is 26.4 Å². The van der Waals surface area contributed by atoms with E-state index in [9.17, 15) is 61.0 Å². The predicted octanol–water partition coefficient (Wildman–Crippen LogP) is 9.67. The van der Waals surface area contributed by atoms with Crippen LogP contribution in [-0.2, 0) is 33.2 Å². The summed E-state index contributed by atoms with van der Waals surface area (Å²) in [4.78, 5) is 13.4. The second-order valence-corrected chi connectivity index (χ2v) is 26.1. The van der Waals surface area contributed by atoms with Crippen LogP contribution in [0.25, 0.3) is 0 Å². The molecule has 19 heteroatoms. The summed E-state index contributed by atoms with van der Waals surface area (Å²) in [5.74, 6) is -0.269. The van der Waals surface area contributed by atoms with E-state index in [-0.39, 0.29) is 18.9 Å². The highest BCUT2D eigenvalue weighted by atomic mass is 16.8. The van der Waals surface area contributed by atoms with Crippen molar-refractivity contribution in [2.24, 2.45) is 0 Å². The third kappa shape index (κ3) is 33.6. The molecule has 0 aromatic carbocycles. The van der Waals surface area contributed by atoms with Crippen LogP contribution in [-0.4, -0.2) is 193 Å². The molecule has 88 heavy (non-hydrogen) atoms. The molecule has 0 saturated carbocycles. The molecule has 3 aliphatic rings. The lowest BCUT2D eigenvalue weighted by Crippen LogP contribution is -2.66. The Kier molecular flexibility index (Phi) is 47.6. The topological polar surface area (TPSA) is 307 Å². The smallest absolute Gasteiger partial charge is 0.220 e. The second kappa shape index (κ2) is 51.9. The van der Waals surface area contributed by atoms with Crippen LogP contribution in [0, 0.1) is 0 Å². The zero-order valence-corrected chi connectivity index (χ0v) is 55.0. The molecule has 19 nitrogen and oxygen atoms in total. The van der Waals surface area contributed by atoms with E-state index < -0.39 is 124 Å². The molecule has 1 amide bonds. The van der Waals surface area contributed by atoms with Gasteiger partial charge in [-0.15, -0.1) is 0 Å². The normalized spacial score (nSPS) is 28.4. The van der Waals surface area contributed by atoms with Crippen LogP contribution >= 0.6 is 0 Å². The standard InChI is InChI=1S/C69H131NO18/c1-3-5-7-9-11-13-15-17-19-20-21-22-23-24-25-26-27-28-29-30-31-32-33-35-37-39-41-43-45-47-57(75)70-52(53(74)46-44-42-40-38-36-34-18-16-14-12-10-8-6-4-2)51-83-67-63(81)60(78)65(55(49-72)85-67)88-69-64(82)61(79)66(56(50-73)86-69)87-68-62(80)59(77)58(76)54(48-71)84-68/h44,46,52-56,58-69,71-74,76-82H,3-43,45,47-51H2,1-2H3,(H,70,75)/b46-44+. The minimum absolute atomic E-state index is 0.250. The summed E-state index contributed by atoms with van der Waals surface area (Å²) < 4.78 is 34.3. The van der Waals surface area contributed by atoms with Crippen LogP contribution in [0.15, 0.2) is 12.2 Å². The molecule has 0 aromatic rings. The van der Waals surface area contributed by atoms with E-state index in [4.69, 9.17) is 28.4 Å². The summed E-state index contributed by atoms with van der Waals surface area (Å²) in [5.41, 5.74) is 0. The van der Waals surface area contributed by atoms with E-state index in [1.54, 1.807) is 6.08 Å². The average molecular weight is 1260 g/mol. The van der Waals surface area contributed by atoms with Gasteiger partial charge in [-0.3, -0.25) is 4.79 Å². The molecule has 0 spiro atoms. The minimum atomic E-state index is -1.98. The highest BCUT2D eigenvalue weighted by Gasteiger charge is 2.53. The van der Waals surface area contributed by atoms with E-state index in [0.29, 0.717) is 6.42 Å². The third-order valence-corrected chi connectivity index (χ3v) is 18.3. The number of carbonyl (C=O) groups excluding carboxylic acids is 1. The molecule has 17 atom stereocenters. The lowest BCUT2D eigenvalue weighted by atomic mass is 9.96. The van der Waals surface area contributed by atoms with Crippen LogP contribution in [0.4, 0.5) is 0 Å². The summed E-state index contributed by atoms with van der Waals surface area (Å²) >= 11 is 0. The van der Waals surface area contributed by atoms with Crippen molar-refractivity contribution in [1.29, 1.82) is 0 Å². The Morgan fingerprint density at radius 1 is 0.398 bits per heavy atom. The SMILES string of the molecule is CCCCCCCCCCCCCC/C=C/C(O)C(COC1OC(CO)C(OC2OC(CO)C(OC3OC(CO)C(O)C(O)C3O)C(O)C2O)C(O)C1O)NC(=O)CCCCCCCCCCCCCCCCCCCCCCCCCCCCCCC. The number of hydrogen-bond acceptors (Lipinski definition) is 18. The number of aliphatic hydroxyl groups excluding tert-OH is 11. The van der Waals surface area contributed by atoms with Gasteiger partial charge in [0.1, 0.15) is 73.2 Å². The van der Waals surface area contributed by atoms with Crippen molar-refractivity contribution in [2.45, 2.75) is 394 Å². The monoisotopic (exact) mass is 1260 g/mol. The van der Waals surface area contributed by atoms with Crippen molar-refractivity contribution in [1.82, 2.24) is 5.32 Å². The molecule has 520 valence electrons. The maximum Gasteiger partial charge on any atom is 0.220 e. The average Bonchev–Trinajstić information content (AvgIpc) is 2.58. The maximum atomic E-state index is 13.4. The molecule has 12 N–H and O–H groups in total. The summed E-state index contributed by atoms with van der Waals surface area (Å²) in [6.07, 6.45) is 30.6. The van der Waals surface area contributed by atoms with Crippen LogP contribution < -0.4 is 5.32 Å². The molecular weight excluding hydrogens is 1130 g/mol. The zero-order valence-electron chi connectivity index (χ0n) is 55.0. The number of hydrogen-bond donors (Lipinski definition) is 12. The molecule has 3 fully saturated rings. The lowest BCUT2D eigenvalue weighted by Gasteiger charge is -2.48. The van der Waals surface area contributed by atoms with E-state index in [0.717, 1.165) is 44.9 Å². The molecule has 0 radical (unpaired) electrons.